The van der Waals surface area contributed by atoms with Crippen molar-refractivity contribution in [1.82, 2.24) is 10.6 Å². The van der Waals surface area contributed by atoms with Crippen LogP contribution < -0.4 is 10.6 Å². The molecular weight excluding hydrogens is 88.1 g/mol. The van der Waals surface area contributed by atoms with Crippen molar-refractivity contribution in [3.63, 3.8) is 0 Å². The first-order valence-corrected chi connectivity index (χ1v) is 2.81. The highest BCUT2D eigenvalue weighted by molar-refractivity contribution is 4.63. The molecule has 1 aliphatic heterocycles. The number of nitrogens with one attached hydrogen (secondary N) is 2. The fraction of sp³-hybridized carbons (Fsp3) is 1.00. The SMILES string of the molecule is CC1CNCNC1. The molecule has 1 heterocycles. The first-order chi connectivity index (χ1) is 3.39. The molecule has 0 aromatic heterocycles. The van der Waals surface area contributed by atoms with Gasteiger partial charge in [-0.05, 0) is 5.92 Å². The molecule has 7 heavy (non-hydrogen) atoms. The average molecular weight is 100 g/mol. The molecule has 42 valence electrons. The summed E-state index contributed by atoms with van der Waals surface area (Å²) < 4.78 is 0. The van der Waals surface area contributed by atoms with Crippen molar-refractivity contribution in [2.75, 3.05) is 19.8 Å². The van der Waals surface area contributed by atoms with Gasteiger partial charge in [0.05, 0.1) is 0 Å². The normalized spacial score (nSPS) is 25.3. The molecular formula is C5H12N2. The Kier molecular flexibility index (Phi) is 1.65. The van der Waals surface area contributed by atoms with E-state index >= 15 is 0 Å². The lowest BCUT2D eigenvalue weighted by Gasteiger charge is -2.19. The second-order valence-electron chi connectivity index (χ2n) is 2.19. The van der Waals surface area contributed by atoms with Crippen molar-refractivity contribution in [2.45, 2.75) is 6.92 Å². The molecule has 0 spiro atoms. The van der Waals surface area contributed by atoms with Crippen molar-refractivity contribution in [2.24, 2.45) is 5.92 Å². The van der Waals surface area contributed by atoms with Crippen LogP contribution in [0.3, 0.4) is 0 Å². The van der Waals surface area contributed by atoms with Crippen molar-refractivity contribution in [1.29, 1.82) is 0 Å². The molecule has 0 radical (unpaired) electrons. The molecule has 0 unspecified atom stereocenters. The van der Waals surface area contributed by atoms with Gasteiger partial charge in [0, 0.05) is 19.8 Å². The molecule has 2 nitrogen and oxygen atoms in total. The van der Waals surface area contributed by atoms with Crippen LogP contribution in [0.15, 0.2) is 0 Å². The molecule has 0 aromatic carbocycles. The summed E-state index contributed by atoms with van der Waals surface area (Å²) >= 11 is 0. The van der Waals surface area contributed by atoms with E-state index in [1.807, 2.05) is 0 Å². The summed E-state index contributed by atoms with van der Waals surface area (Å²) in [6.45, 7) is 5.57. The zero-order chi connectivity index (χ0) is 5.11. The molecule has 1 saturated heterocycles. The van der Waals surface area contributed by atoms with E-state index in [0.29, 0.717) is 0 Å². The molecule has 1 rings (SSSR count). The minimum absolute atomic E-state index is 0.814. The Balaban J connectivity index is 2.12. The van der Waals surface area contributed by atoms with Crippen molar-refractivity contribution < 1.29 is 0 Å². The fourth-order valence-electron chi connectivity index (χ4n) is 0.798. The lowest BCUT2D eigenvalue weighted by atomic mass is 10.1. The predicted molar refractivity (Wildman–Crippen MR) is 30.0 cm³/mol. The second-order valence-corrected chi connectivity index (χ2v) is 2.19. The summed E-state index contributed by atoms with van der Waals surface area (Å²) in [6, 6.07) is 0. The second kappa shape index (κ2) is 2.28. The topological polar surface area (TPSA) is 24.1 Å². The average Bonchev–Trinajstić information content (AvgIpc) is 1.69. The van der Waals surface area contributed by atoms with Gasteiger partial charge < -0.3 is 10.6 Å². The Hall–Kier alpha value is -0.0800. The van der Waals surface area contributed by atoms with E-state index < -0.39 is 0 Å². The highest BCUT2D eigenvalue weighted by atomic mass is 15.1. The van der Waals surface area contributed by atoms with E-state index in [1.165, 1.54) is 13.1 Å². The quantitative estimate of drug-likeness (QED) is 0.439. The summed E-state index contributed by atoms with van der Waals surface area (Å²) in [5.41, 5.74) is 0. The zero-order valence-corrected chi connectivity index (χ0v) is 4.70. The van der Waals surface area contributed by atoms with Crippen LogP contribution in [0.1, 0.15) is 6.92 Å². The minimum atomic E-state index is 0.814. The maximum Gasteiger partial charge on any atom is 0.0454 e. The molecule has 2 N–H and O–H groups in total. The summed E-state index contributed by atoms with van der Waals surface area (Å²) in [5.74, 6) is 0.814. The Morgan fingerprint density at radius 2 is 1.86 bits per heavy atom. The molecule has 0 bridgehead atoms. The number of hydrogen-bond donors (Lipinski definition) is 2. The monoisotopic (exact) mass is 100 g/mol. The molecule has 1 aliphatic rings. The summed E-state index contributed by atoms with van der Waals surface area (Å²) in [5, 5.41) is 6.45. The van der Waals surface area contributed by atoms with E-state index in [2.05, 4.69) is 17.6 Å². The Bertz CT molecular complexity index is 48.0. The van der Waals surface area contributed by atoms with Gasteiger partial charge in [-0.3, -0.25) is 0 Å². The van der Waals surface area contributed by atoms with Gasteiger partial charge in [-0.25, -0.2) is 0 Å². The third-order valence-corrected chi connectivity index (χ3v) is 1.24. The first-order valence-electron chi connectivity index (χ1n) is 2.81. The smallest absolute Gasteiger partial charge is 0.0454 e. The number of hydrogen-bond acceptors (Lipinski definition) is 2. The van der Waals surface area contributed by atoms with Crippen LogP contribution in [0, 0.1) is 5.92 Å². The van der Waals surface area contributed by atoms with E-state index in [0.717, 1.165) is 12.6 Å². The largest absolute Gasteiger partial charge is 0.304 e. The van der Waals surface area contributed by atoms with E-state index in [1.54, 1.807) is 0 Å². The lowest BCUT2D eigenvalue weighted by molar-refractivity contribution is 0.397. The van der Waals surface area contributed by atoms with Gasteiger partial charge in [0.1, 0.15) is 0 Å². The van der Waals surface area contributed by atoms with Crippen LogP contribution >= 0.6 is 0 Å². The molecule has 0 atom stereocenters. The summed E-state index contributed by atoms with van der Waals surface area (Å²) in [4.78, 5) is 0. The lowest BCUT2D eigenvalue weighted by Crippen LogP contribution is -2.42. The summed E-state index contributed by atoms with van der Waals surface area (Å²) in [6.07, 6.45) is 0. The van der Waals surface area contributed by atoms with E-state index in [9.17, 15) is 0 Å². The Morgan fingerprint density at radius 1 is 1.29 bits per heavy atom. The zero-order valence-electron chi connectivity index (χ0n) is 4.70. The van der Waals surface area contributed by atoms with Crippen molar-refractivity contribution in [3.8, 4) is 0 Å². The van der Waals surface area contributed by atoms with Crippen LogP contribution in [-0.4, -0.2) is 19.8 Å². The van der Waals surface area contributed by atoms with Crippen LogP contribution in [-0.2, 0) is 0 Å². The fourth-order valence-corrected chi connectivity index (χ4v) is 0.798. The summed E-state index contributed by atoms with van der Waals surface area (Å²) in [7, 11) is 0. The molecule has 1 fully saturated rings. The Labute approximate surface area is 44.3 Å². The van der Waals surface area contributed by atoms with Gasteiger partial charge in [-0.1, -0.05) is 6.92 Å². The van der Waals surface area contributed by atoms with Gasteiger partial charge >= 0.3 is 0 Å². The highest BCUT2D eigenvalue weighted by Crippen LogP contribution is 1.90. The predicted octanol–water partition coefficient (Wildman–Crippen LogP) is -0.227. The molecule has 0 saturated carbocycles. The van der Waals surface area contributed by atoms with E-state index in [-0.39, 0.29) is 0 Å². The van der Waals surface area contributed by atoms with Gasteiger partial charge in [-0.2, -0.15) is 0 Å². The molecule has 0 aliphatic carbocycles. The maximum absolute atomic E-state index is 3.22. The minimum Gasteiger partial charge on any atom is -0.304 e. The van der Waals surface area contributed by atoms with Crippen molar-refractivity contribution in [3.05, 3.63) is 0 Å². The Morgan fingerprint density at radius 3 is 2.14 bits per heavy atom. The standard InChI is InChI=1S/C5H12N2/c1-5-2-6-4-7-3-5/h5-7H,2-4H2,1H3. The van der Waals surface area contributed by atoms with Crippen LogP contribution in [0.25, 0.3) is 0 Å². The van der Waals surface area contributed by atoms with Gasteiger partial charge in [-0.15, -0.1) is 0 Å². The van der Waals surface area contributed by atoms with E-state index in [4.69, 9.17) is 0 Å². The third kappa shape index (κ3) is 1.45. The van der Waals surface area contributed by atoms with Crippen LogP contribution in [0.2, 0.25) is 0 Å². The third-order valence-electron chi connectivity index (χ3n) is 1.24. The molecule has 0 amide bonds. The highest BCUT2D eigenvalue weighted by Gasteiger charge is 2.03. The molecule has 0 aromatic rings. The number of rotatable bonds is 0. The van der Waals surface area contributed by atoms with Gasteiger partial charge in [0.15, 0.2) is 0 Å². The van der Waals surface area contributed by atoms with Gasteiger partial charge in [0.25, 0.3) is 0 Å². The van der Waals surface area contributed by atoms with Crippen LogP contribution in [0.4, 0.5) is 0 Å². The molecule has 2 heteroatoms. The first kappa shape index (κ1) is 5.06. The van der Waals surface area contributed by atoms with Gasteiger partial charge in [0.2, 0.25) is 0 Å². The van der Waals surface area contributed by atoms with Crippen molar-refractivity contribution >= 4 is 0 Å². The van der Waals surface area contributed by atoms with Crippen LogP contribution in [0.5, 0.6) is 0 Å². The maximum atomic E-state index is 3.22.